The Morgan fingerprint density at radius 3 is 1.61 bits per heavy atom. The summed E-state index contributed by atoms with van der Waals surface area (Å²) in [5.74, 6) is 4.26. The molecule has 1 heterocycles. The monoisotopic (exact) mass is 379 g/mol. The van der Waals surface area contributed by atoms with Gasteiger partial charge in [-0.2, -0.15) is 0 Å². The van der Waals surface area contributed by atoms with Crippen LogP contribution in [0.2, 0.25) is 0 Å². The predicted octanol–water partition coefficient (Wildman–Crippen LogP) is 5.37. The standard InChI is InChI=1S/C26H20OP/c1-4-12-21(13-5-1)25-20-28(22-14-6-2-7-15-22,23-16-8-3-9-17-23)26-19-11-10-18-24(26)27-25/h1-20H/q+1. The van der Waals surface area contributed by atoms with Gasteiger partial charge in [0.05, 0.1) is 0 Å². The number of hydrogen-bond donors (Lipinski definition) is 0. The lowest BCUT2D eigenvalue weighted by atomic mass is 10.2. The van der Waals surface area contributed by atoms with E-state index in [-0.39, 0.29) is 0 Å². The maximum absolute atomic E-state index is 6.41. The molecule has 0 atom stereocenters. The normalized spacial score (nSPS) is 14.5. The molecule has 0 saturated heterocycles. The minimum Gasteiger partial charge on any atom is -0.449 e. The van der Waals surface area contributed by atoms with Gasteiger partial charge in [0, 0.05) is 5.56 Å². The van der Waals surface area contributed by atoms with Crippen LogP contribution in [0.1, 0.15) is 5.56 Å². The maximum Gasteiger partial charge on any atom is 0.170 e. The van der Waals surface area contributed by atoms with Crippen LogP contribution in [0.15, 0.2) is 121 Å². The molecule has 4 aromatic rings. The zero-order chi connectivity index (χ0) is 18.8. The van der Waals surface area contributed by atoms with Gasteiger partial charge in [0.2, 0.25) is 0 Å². The fourth-order valence-electron chi connectivity index (χ4n) is 3.86. The molecule has 1 nitrogen and oxygen atoms in total. The van der Waals surface area contributed by atoms with Crippen molar-refractivity contribution in [3.63, 3.8) is 0 Å². The maximum atomic E-state index is 6.41. The predicted molar refractivity (Wildman–Crippen MR) is 120 cm³/mol. The van der Waals surface area contributed by atoms with E-state index in [1.807, 2.05) is 6.07 Å². The molecule has 0 fully saturated rings. The van der Waals surface area contributed by atoms with E-state index in [1.165, 1.54) is 15.9 Å². The van der Waals surface area contributed by atoms with Gasteiger partial charge in [-0.1, -0.05) is 78.9 Å². The molecular weight excluding hydrogens is 359 g/mol. The summed E-state index contributed by atoms with van der Waals surface area (Å²) in [6.45, 7) is 0. The van der Waals surface area contributed by atoms with Crippen molar-refractivity contribution in [2.24, 2.45) is 0 Å². The number of rotatable bonds is 3. The molecule has 4 aromatic carbocycles. The Balaban J connectivity index is 1.87. The minimum absolute atomic E-state index is 0.931. The van der Waals surface area contributed by atoms with Gasteiger partial charge in [0.25, 0.3) is 0 Å². The summed E-state index contributed by atoms with van der Waals surface area (Å²) in [6.07, 6.45) is 0. The number of para-hydroxylation sites is 1. The van der Waals surface area contributed by atoms with Crippen LogP contribution in [0.3, 0.4) is 0 Å². The molecule has 0 unspecified atom stereocenters. The van der Waals surface area contributed by atoms with Gasteiger partial charge in [-0.15, -0.1) is 0 Å². The van der Waals surface area contributed by atoms with Crippen LogP contribution < -0.4 is 20.7 Å². The van der Waals surface area contributed by atoms with Crippen LogP contribution in [-0.4, -0.2) is 0 Å². The Bertz CT molecular complexity index is 1080. The average Bonchev–Trinajstić information content (AvgIpc) is 2.80. The van der Waals surface area contributed by atoms with E-state index in [0.717, 1.165) is 17.1 Å². The topological polar surface area (TPSA) is 9.23 Å². The van der Waals surface area contributed by atoms with Crippen LogP contribution in [0, 0.1) is 0 Å². The molecule has 0 bridgehead atoms. The highest BCUT2D eigenvalue weighted by Crippen LogP contribution is 2.62. The molecule has 1 aliphatic rings. The van der Waals surface area contributed by atoms with E-state index in [1.54, 1.807) is 0 Å². The van der Waals surface area contributed by atoms with Crippen LogP contribution in [0.5, 0.6) is 5.75 Å². The van der Waals surface area contributed by atoms with Crippen LogP contribution >= 0.6 is 7.26 Å². The van der Waals surface area contributed by atoms with Crippen LogP contribution in [-0.2, 0) is 0 Å². The highest BCUT2D eigenvalue weighted by Gasteiger charge is 2.49. The van der Waals surface area contributed by atoms with Crippen molar-refractivity contribution in [2.75, 3.05) is 0 Å². The molecule has 0 N–H and O–H groups in total. The highest BCUT2D eigenvalue weighted by molar-refractivity contribution is 7.98. The molecule has 1 aliphatic heterocycles. The third-order valence-corrected chi connectivity index (χ3v) is 9.14. The molecular formula is C26H20OP+. The summed E-state index contributed by atoms with van der Waals surface area (Å²) < 4.78 is 6.41. The molecule has 0 saturated carbocycles. The molecule has 0 radical (unpaired) electrons. The van der Waals surface area contributed by atoms with Gasteiger partial charge >= 0.3 is 0 Å². The molecule has 0 aliphatic carbocycles. The molecule has 5 rings (SSSR count). The first kappa shape index (κ1) is 17.0. The quantitative estimate of drug-likeness (QED) is 0.435. The lowest BCUT2D eigenvalue weighted by molar-refractivity contribution is 0.518. The number of benzene rings is 4. The minimum atomic E-state index is -1.99. The summed E-state index contributed by atoms with van der Waals surface area (Å²) in [5, 5.41) is 3.95. The smallest absolute Gasteiger partial charge is 0.170 e. The molecule has 0 amide bonds. The van der Waals surface area contributed by atoms with E-state index in [2.05, 4.69) is 115 Å². The second-order valence-electron chi connectivity index (χ2n) is 6.82. The fourth-order valence-corrected chi connectivity index (χ4v) is 7.78. The SMILES string of the molecule is C1=C(c2ccccc2)Oc2ccccc2[P+]1(c1ccccc1)c1ccccc1. The first-order valence-corrected chi connectivity index (χ1v) is 11.3. The number of fused-ring (bicyclic) bond motifs is 1. The third kappa shape index (κ3) is 2.76. The van der Waals surface area contributed by atoms with E-state index in [9.17, 15) is 0 Å². The van der Waals surface area contributed by atoms with Crippen LogP contribution in [0.25, 0.3) is 5.76 Å². The molecule has 0 spiro atoms. The van der Waals surface area contributed by atoms with E-state index >= 15 is 0 Å². The van der Waals surface area contributed by atoms with Crippen molar-refractivity contribution in [2.45, 2.75) is 0 Å². The van der Waals surface area contributed by atoms with Crippen molar-refractivity contribution in [1.29, 1.82) is 0 Å². The zero-order valence-corrected chi connectivity index (χ0v) is 16.3. The Morgan fingerprint density at radius 2 is 1.00 bits per heavy atom. The van der Waals surface area contributed by atoms with Crippen molar-refractivity contribution in [1.82, 2.24) is 0 Å². The van der Waals surface area contributed by atoms with Crippen molar-refractivity contribution in [3.05, 3.63) is 127 Å². The first-order valence-electron chi connectivity index (χ1n) is 9.44. The molecule has 28 heavy (non-hydrogen) atoms. The van der Waals surface area contributed by atoms with Gasteiger partial charge < -0.3 is 4.74 Å². The second kappa shape index (κ2) is 7.11. The summed E-state index contributed by atoms with van der Waals surface area (Å²) >= 11 is 0. The Labute approximate surface area is 166 Å². The summed E-state index contributed by atoms with van der Waals surface area (Å²) in [4.78, 5) is 0. The molecule has 0 aromatic heterocycles. The van der Waals surface area contributed by atoms with Gasteiger partial charge in [-0.25, -0.2) is 0 Å². The summed E-state index contributed by atoms with van der Waals surface area (Å²) in [5.41, 5.74) is 1.10. The van der Waals surface area contributed by atoms with Crippen molar-refractivity contribution >= 4 is 28.9 Å². The van der Waals surface area contributed by atoms with E-state index in [4.69, 9.17) is 4.74 Å². The van der Waals surface area contributed by atoms with Crippen molar-refractivity contribution in [3.8, 4) is 5.75 Å². The Hall–Kier alpha value is -3.15. The van der Waals surface area contributed by atoms with Gasteiger partial charge in [-0.3, -0.25) is 0 Å². The fraction of sp³-hybridized carbons (Fsp3) is 0. The van der Waals surface area contributed by atoms with E-state index in [0.29, 0.717) is 0 Å². The lowest BCUT2D eigenvalue weighted by Gasteiger charge is -2.30. The third-order valence-electron chi connectivity index (χ3n) is 5.16. The van der Waals surface area contributed by atoms with Gasteiger partial charge in [0.1, 0.15) is 23.7 Å². The van der Waals surface area contributed by atoms with Gasteiger partial charge in [-0.05, 0) is 36.4 Å². The summed E-state index contributed by atoms with van der Waals surface area (Å²) in [6, 6.07) is 40.6. The molecule has 134 valence electrons. The zero-order valence-electron chi connectivity index (χ0n) is 15.4. The van der Waals surface area contributed by atoms with Crippen LogP contribution in [0.4, 0.5) is 0 Å². The Kier molecular flexibility index (Phi) is 4.31. The second-order valence-corrected chi connectivity index (χ2v) is 10.0. The average molecular weight is 379 g/mol. The lowest BCUT2D eigenvalue weighted by Crippen LogP contribution is -2.33. The Morgan fingerprint density at radius 1 is 0.500 bits per heavy atom. The molecule has 2 heteroatoms. The number of ether oxygens (including phenoxy) is 1. The van der Waals surface area contributed by atoms with Gasteiger partial charge in [0.15, 0.2) is 16.8 Å². The largest absolute Gasteiger partial charge is 0.449 e. The van der Waals surface area contributed by atoms with E-state index < -0.39 is 7.26 Å². The number of hydrogen-bond acceptors (Lipinski definition) is 1. The summed E-state index contributed by atoms with van der Waals surface area (Å²) in [7, 11) is -1.99. The van der Waals surface area contributed by atoms with Crippen molar-refractivity contribution < 1.29 is 4.74 Å². The highest BCUT2D eigenvalue weighted by atomic mass is 31.2. The first-order chi connectivity index (χ1) is 13.9.